The molecule has 0 saturated heterocycles. The lowest BCUT2D eigenvalue weighted by molar-refractivity contribution is -0.119. The van der Waals surface area contributed by atoms with Gasteiger partial charge in [0.05, 0.1) is 23.9 Å². The minimum absolute atomic E-state index is 0.0604. The molecule has 0 bridgehead atoms. The number of hydrazone groups is 1. The summed E-state index contributed by atoms with van der Waals surface area (Å²) in [5.41, 5.74) is 4.22. The van der Waals surface area contributed by atoms with Gasteiger partial charge in [0.15, 0.2) is 11.5 Å². The molecule has 1 N–H and O–H groups in total. The molecule has 1 amide bonds. The first kappa shape index (κ1) is 26.8. The Morgan fingerprint density at radius 3 is 2.42 bits per heavy atom. The molecule has 0 saturated carbocycles. The highest BCUT2D eigenvalue weighted by Gasteiger charge is 2.27. The van der Waals surface area contributed by atoms with Crippen LogP contribution in [0.15, 0.2) is 89.4 Å². The standard InChI is InChI=1S/C26H26ClN3O5S/c1-4-15-35-24-14-7-20(16-25(24)34-3)17-28-29-26(31)18-30(22-10-8-21(27)9-11-22)36(32,33)23-12-5-19(2)6-13-23/h4-14,16-17H,1,15,18H2,2-3H3,(H,29,31)/b28-17-. The van der Waals surface area contributed by atoms with Gasteiger partial charge >= 0.3 is 0 Å². The Morgan fingerprint density at radius 1 is 1.08 bits per heavy atom. The molecule has 0 aliphatic rings. The Balaban J connectivity index is 1.78. The zero-order valence-electron chi connectivity index (χ0n) is 19.8. The predicted octanol–water partition coefficient (Wildman–Crippen LogP) is 4.57. The molecule has 188 valence electrons. The summed E-state index contributed by atoms with van der Waals surface area (Å²) >= 11 is 5.97. The molecule has 0 unspecified atom stereocenters. The number of nitrogens with zero attached hydrogens (tertiary/aromatic N) is 2. The van der Waals surface area contributed by atoms with Crippen LogP contribution in [0.3, 0.4) is 0 Å². The second-order valence-electron chi connectivity index (χ2n) is 7.60. The number of sulfonamides is 1. The second-order valence-corrected chi connectivity index (χ2v) is 9.90. The fourth-order valence-corrected chi connectivity index (χ4v) is 4.68. The first-order valence-electron chi connectivity index (χ1n) is 10.8. The molecular formula is C26H26ClN3O5S. The van der Waals surface area contributed by atoms with E-state index < -0.39 is 22.5 Å². The van der Waals surface area contributed by atoms with Crippen molar-refractivity contribution in [3.05, 3.63) is 95.5 Å². The van der Waals surface area contributed by atoms with Crippen LogP contribution in [0.5, 0.6) is 11.5 Å². The van der Waals surface area contributed by atoms with Crippen LogP contribution in [0.1, 0.15) is 11.1 Å². The molecule has 0 aliphatic carbocycles. The van der Waals surface area contributed by atoms with E-state index in [1.165, 1.54) is 37.6 Å². The number of carbonyl (C=O) groups excluding carboxylic acids is 1. The van der Waals surface area contributed by atoms with Crippen LogP contribution >= 0.6 is 11.6 Å². The lowest BCUT2D eigenvalue weighted by Crippen LogP contribution is -2.39. The van der Waals surface area contributed by atoms with Gasteiger partial charge in [0.1, 0.15) is 13.2 Å². The third-order valence-corrected chi connectivity index (χ3v) is 7.00. The number of hydrogen-bond donors (Lipinski definition) is 1. The average Bonchev–Trinajstić information content (AvgIpc) is 2.87. The van der Waals surface area contributed by atoms with Crippen molar-refractivity contribution in [2.75, 3.05) is 24.6 Å². The molecule has 0 aliphatic heterocycles. The van der Waals surface area contributed by atoms with Gasteiger partial charge in [0, 0.05) is 5.02 Å². The molecule has 8 nitrogen and oxygen atoms in total. The maximum atomic E-state index is 13.4. The maximum absolute atomic E-state index is 13.4. The Bertz CT molecular complexity index is 1340. The van der Waals surface area contributed by atoms with Gasteiger partial charge in [-0.15, -0.1) is 0 Å². The molecule has 10 heteroatoms. The van der Waals surface area contributed by atoms with Gasteiger partial charge in [-0.2, -0.15) is 5.10 Å². The fourth-order valence-electron chi connectivity index (χ4n) is 3.14. The lowest BCUT2D eigenvalue weighted by Gasteiger charge is -2.23. The Hall–Kier alpha value is -3.82. The van der Waals surface area contributed by atoms with Crippen LogP contribution in [-0.4, -0.2) is 40.8 Å². The van der Waals surface area contributed by atoms with Crippen LogP contribution in [0.2, 0.25) is 5.02 Å². The van der Waals surface area contributed by atoms with E-state index in [0.29, 0.717) is 34.4 Å². The summed E-state index contributed by atoms with van der Waals surface area (Å²) in [5.74, 6) is 0.401. The zero-order valence-corrected chi connectivity index (χ0v) is 21.4. The summed E-state index contributed by atoms with van der Waals surface area (Å²) in [6.07, 6.45) is 3.04. The van der Waals surface area contributed by atoms with Crippen molar-refractivity contribution in [1.82, 2.24) is 5.43 Å². The summed E-state index contributed by atoms with van der Waals surface area (Å²) in [5, 5.41) is 4.40. The monoisotopic (exact) mass is 527 g/mol. The van der Waals surface area contributed by atoms with E-state index in [9.17, 15) is 13.2 Å². The molecule has 0 fully saturated rings. The van der Waals surface area contributed by atoms with Crippen LogP contribution in [0, 0.1) is 6.92 Å². The lowest BCUT2D eigenvalue weighted by atomic mass is 10.2. The van der Waals surface area contributed by atoms with Gasteiger partial charge < -0.3 is 9.47 Å². The number of rotatable bonds is 11. The Morgan fingerprint density at radius 2 is 1.78 bits per heavy atom. The number of anilines is 1. The summed E-state index contributed by atoms with van der Waals surface area (Å²) < 4.78 is 38.6. The van der Waals surface area contributed by atoms with E-state index in [1.54, 1.807) is 48.5 Å². The van der Waals surface area contributed by atoms with Gasteiger partial charge in [-0.1, -0.05) is 42.0 Å². The third kappa shape index (κ3) is 6.87. The van der Waals surface area contributed by atoms with Gasteiger partial charge in [-0.25, -0.2) is 13.8 Å². The smallest absolute Gasteiger partial charge is 0.264 e. The molecular weight excluding hydrogens is 502 g/mol. The molecule has 3 aromatic carbocycles. The molecule has 3 aromatic rings. The molecule has 3 rings (SSSR count). The maximum Gasteiger partial charge on any atom is 0.264 e. The summed E-state index contributed by atoms with van der Waals surface area (Å²) in [7, 11) is -2.52. The van der Waals surface area contributed by atoms with Gasteiger partial charge in [-0.3, -0.25) is 9.10 Å². The number of nitrogens with one attached hydrogen (secondary N) is 1. The third-order valence-electron chi connectivity index (χ3n) is 4.96. The molecule has 0 atom stereocenters. The van der Waals surface area contributed by atoms with Gasteiger partial charge in [0.25, 0.3) is 15.9 Å². The normalized spacial score (nSPS) is 11.2. The van der Waals surface area contributed by atoms with E-state index >= 15 is 0 Å². The predicted molar refractivity (Wildman–Crippen MR) is 142 cm³/mol. The Labute approximate surface area is 215 Å². The Kier molecular flexibility index (Phi) is 9.10. The van der Waals surface area contributed by atoms with Crippen molar-refractivity contribution in [2.24, 2.45) is 5.10 Å². The number of amides is 1. The largest absolute Gasteiger partial charge is 0.493 e. The van der Waals surface area contributed by atoms with Crippen LogP contribution in [-0.2, 0) is 14.8 Å². The minimum Gasteiger partial charge on any atom is -0.493 e. The summed E-state index contributed by atoms with van der Waals surface area (Å²) in [4.78, 5) is 12.8. The van der Waals surface area contributed by atoms with Gasteiger partial charge in [-0.05, 0) is 67.1 Å². The number of ether oxygens (including phenoxy) is 2. The summed E-state index contributed by atoms with van der Waals surface area (Å²) in [6, 6.07) is 17.7. The van der Waals surface area contributed by atoms with Crippen LogP contribution in [0.4, 0.5) is 5.69 Å². The number of hydrogen-bond acceptors (Lipinski definition) is 6. The van der Waals surface area contributed by atoms with Crippen LogP contribution in [0.25, 0.3) is 0 Å². The van der Waals surface area contributed by atoms with Crippen molar-refractivity contribution < 1.29 is 22.7 Å². The number of benzene rings is 3. The number of aryl methyl sites for hydroxylation is 1. The van der Waals surface area contributed by atoms with E-state index in [4.69, 9.17) is 21.1 Å². The number of carbonyl (C=O) groups is 1. The van der Waals surface area contributed by atoms with Crippen molar-refractivity contribution in [2.45, 2.75) is 11.8 Å². The van der Waals surface area contributed by atoms with E-state index in [-0.39, 0.29) is 4.90 Å². The topological polar surface area (TPSA) is 97.3 Å². The summed E-state index contributed by atoms with van der Waals surface area (Å²) in [6.45, 7) is 5.30. The first-order valence-corrected chi connectivity index (χ1v) is 12.6. The molecule has 0 spiro atoms. The van der Waals surface area contributed by atoms with Crippen molar-refractivity contribution in [3.63, 3.8) is 0 Å². The first-order chi connectivity index (χ1) is 17.2. The quantitative estimate of drug-likeness (QED) is 0.224. The fraction of sp³-hybridized carbons (Fsp3) is 0.154. The highest BCUT2D eigenvalue weighted by molar-refractivity contribution is 7.92. The molecule has 0 radical (unpaired) electrons. The van der Waals surface area contributed by atoms with Crippen LogP contribution < -0.4 is 19.2 Å². The van der Waals surface area contributed by atoms with Crippen molar-refractivity contribution in [3.8, 4) is 11.5 Å². The van der Waals surface area contributed by atoms with E-state index in [0.717, 1.165) is 9.87 Å². The average molecular weight is 528 g/mol. The second kappa shape index (κ2) is 12.2. The molecule has 0 heterocycles. The van der Waals surface area contributed by atoms with Gasteiger partial charge in [0.2, 0.25) is 0 Å². The van der Waals surface area contributed by atoms with E-state index in [1.807, 2.05) is 6.92 Å². The van der Waals surface area contributed by atoms with E-state index in [2.05, 4.69) is 17.1 Å². The molecule has 36 heavy (non-hydrogen) atoms. The number of methoxy groups -OCH3 is 1. The highest BCUT2D eigenvalue weighted by Crippen LogP contribution is 2.28. The SMILES string of the molecule is C=CCOc1ccc(/C=N\NC(=O)CN(c2ccc(Cl)cc2)S(=O)(=O)c2ccc(C)cc2)cc1OC. The zero-order chi connectivity index (χ0) is 26.1. The van der Waals surface area contributed by atoms with Crippen molar-refractivity contribution >= 4 is 39.4 Å². The highest BCUT2D eigenvalue weighted by atomic mass is 35.5. The molecule has 0 aromatic heterocycles. The minimum atomic E-state index is -4.04. The van der Waals surface area contributed by atoms with Crippen molar-refractivity contribution in [1.29, 1.82) is 0 Å². The number of halogens is 1.